The van der Waals surface area contributed by atoms with Crippen molar-refractivity contribution in [3.05, 3.63) is 36.4 Å². The first kappa shape index (κ1) is 15.0. The van der Waals surface area contributed by atoms with Gasteiger partial charge in [-0.05, 0) is 18.6 Å². The molecule has 0 atom stereocenters. The topological polar surface area (TPSA) is 67.8 Å². The molecule has 1 aromatic rings. The second-order valence-corrected chi connectivity index (χ2v) is 3.80. The molecule has 5 nitrogen and oxygen atoms in total. The van der Waals surface area contributed by atoms with E-state index in [9.17, 15) is 9.90 Å². The molecule has 0 saturated carbocycles. The number of amides is 1. The number of carbonyl (C=O) groups is 1. The van der Waals surface area contributed by atoms with Crippen LogP contribution < -0.4 is 10.1 Å². The lowest BCUT2D eigenvalue weighted by molar-refractivity contribution is 0.0914. The zero-order valence-corrected chi connectivity index (χ0v) is 11.0. The minimum atomic E-state index is -0.358. The van der Waals surface area contributed by atoms with Crippen LogP contribution in [-0.4, -0.2) is 37.9 Å². The SMILES string of the molecule is C=CCCOCCNC(=O)c1cccc(OC)c1O. The predicted octanol–water partition coefficient (Wildman–Crippen LogP) is 1.72. The summed E-state index contributed by atoms with van der Waals surface area (Å²) in [5.74, 6) is -0.242. The molecule has 0 radical (unpaired) electrons. The average Bonchev–Trinajstić information content (AvgIpc) is 2.42. The molecular formula is C14H19NO4. The molecule has 0 bridgehead atoms. The molecule has 0 aliphatic heterocycles. The number of benzene rings is 1. The third-order valence-corrected chi connectivity index (χ3v) is 2.46. The molecule has 0 aliphatic carbocycles. The van der Waals surface area contributed by atoms with Crippen LogP contribution in [-0.2, 0) is 4.74 Å². The van der Waals surface area contributed by atoms with Crippen molar-refractivity contribution in [1.82, 2.24) is 5.32 Å². The minimum Gasteiger partial charge on any atom is -0.504 e. The van der Waals surface area contributed by atoms with E-state index in [-0.39, 0.29) is 23.0 Å². The fourth-order valence-corrected chi connectivity index (χ4v) is 1.47. The van der Waals surface area contributed by atoms with Crippen molar-refractivity contribution in [2.45, 2.75) is 6.42 Å². The van der Waals surface area contributed by atoms with Crippen molar-refractivity contribution in [1.29, 1.82) is 0 Å². The summed E-state index contributed by atoms with van der Waals surface area (Å²) in [6, 6.07) is 4.77. The van der Waals surface area contributed by atoms with Gasteiger partial charge in [0.15, 0.2) is 11.5 Å². The number of methoxy groups -OCH3 is 1. The van der Waals surface area contributed by atoms with Crippen LogP contribution in [0.2, 0.25) is 0 Å². The number of hydrogen-bond donors (Lipinski definition) is 2. The molecule has 0 saturated heterocycles. The summed E-state index contributed by atoms with van der Waals surface area (Å²) < 4.78 is 10.2. The number of para-hydroxylation sites is 1. The van der Waals surface area contributed by atoms with Crippen LogP contribution >= 0.6 is 0 Å². The van der Waals surface area contributed by atoms with E-state index in [0.29, 0.717) is 19.8 Å². The van der Waals surface area contributed by atoms with E-state index < -0.39 is 0 Å². The molecule has 5 heteroatoms. The third-order valence-electron chi connectivity index (χ3n) is 2.46. The standard InChI is InChI=1S/C14H19NO4/c1-3-4-9-19-10-8-15-14(17)11-6-5-7-12(18-2)13(11)16/h3,5-7,16H,1,4,8-10H2,2H3,(H,15,17). The maximum atomic E-state index is 11.8. The highest BCUT2D eigenvalue weighted by Crippen LogP contribution is 2.28. The zero-order chi connectivity index (χ0) is 14.1. The number of hydrogen-bond acceptors (Lipinski definition) is 4. The quantitative estimate of drug-likeness (QED) is 0.555. The summed E-state index contributed by atoms with van der Waals surface area (Å²) >= 11 is 0. The molecule has 1 amide bonds. The van der Waals surface area contributed by atoms with Crippen molar-refractivity contribution in [3.63, 3.8) is 0 Å². The Morgan fingerprint density at radius 2 is 2.26 bits per heavy atom. The Morgan fingerprint density at radius 1 is 1.47 bits per heavy atom. The van der Waals surface area contributed by atoms with Gasteiger partial charge in [-0.3, -0.25) is 4.79 Å². The molecule has 0 spiro atoms. The summed E-state index contributed by atoms with van der Waals surface area (Å²) in [7, 11) is 1.43. The first-order valence-corrected chi connectivity index (χ1v) is 6.03. The van der Waals surface area contributed by atoms with Crippen molar-refractivity contribution in [2.24, 2.45) is 0 Å². The molecule has 0 heterocycles. The van der Waals surface area contributed by atoms with E-state index >= 15 is 0 Å². The minimum absolute atomic E-state index is 0.157. The second kappa shape index (κ2) is 8.16. The van der Waals surface area contributed by atoms with Crippen molar-refractivity contribution in [2.75, 3.05) is 26.9 Å². The smallest absolute Gasteiger partial charge is 0.255 e. The molecule has 19 heavy (non-hydrogen) atoms. The van der Waals surface area contributed by atoms with E-state index in [1.54, 1.807) is 18.2 Å². The molecule has 0 fully saturated rings. The summed E-state index contributed by atoms with van der Waals surface area (Å²) in [6.45, 7) is 4.97. The molecule has 0 unspecified atom stereocenters. The van der Waals surface area contributed by atoms with E-state index in [4.69, 9.17) is 9.47 Å². The number of phenols is 1. The van der Waals surface area contributed by atoms with Crippen molar-refractivity contribution < 1.29 is 19.4 Å². The summed E-state index contributed by atoms with van der Waals surface area (Å²) in [4.78, 5) is 11.8. The zero-order valence-electron chi connectivity index (χ0n) is 11.0. The number of carbonyl (C=O) groups excluding carboxylic acids is 1. The lowest BCUT2D eigenvalue weighted by Gasteiger charge is -2.09. The van der Waals surface area contributed by atoms with Crippen LogP contribution in [0.15, 0.2) is 30.9 Å². The molecule has 0 aromatic heterocycles. The highest BCUT2D eigenvalue weighted by atomic mass is 16.5. The average molecular weight is 265 g/mol. The van der Waals surface area contributed by atoms with Crippen LogP contribution in [0.25, 0.3) is 0 Å². The Morgan fingerprint density at radius 3 is 2.95 bits per heavy atom. The number of phenolic OH excluding ortho intramolecular Hbond substituents is 1. The Labute approximate surface area is 112 Å². The fourth-order valence-electron chi connectivity index (χ4n) is 1.47. The van der Waals surface area contributed by atoms with Crippen LogP contribution in [0.3, 0.4) is 0 Å². The van der Waals surface area contributed by atoms with Gasteiger partial charge < -0.3 is 19.9 Å². The first-order chi connectivity index (χ1) is 9.20. The van der Waals surface area contributed by atoms with Crippen LogP contribution in [0.4, 0.5) is 0 Å². The van der Waals surface area contributed by atoms with Gasteiger partial charge in [0.05, 0.1) is 25.9 Å². The molecular weight excluding hydrogens is 246 g/mol. The number of ether oxygens (including phenoxy) is 2. The Kier molecular flexibility index (Phi) is 6.46. The van der Waals surface area contributed by atoms with Gasteiger partial charge in [0, 0.05) is 6.54 Å². The molecule has 2 N–H and O–H groups in total. The normalized spacial score (nSPS) is 9.95. The van der Waals surface area contributed by atoms with Crippen molar-refractivity contribution in [3.8, 4) is 11.5 Å². The highest BCUT2D eigenvalue weighted by Gasteiger charge is 2.13. The molecule has 0 aliphatic rings. The number of rotatable bonds is 8. The Bertz CT molecular complexity index is 431. The predicted molar refractivity (Wildman–Crippen MR) is 72.6 cm³/mol. The summed E-state index contributed by atoms with van der Waals surface area (Å²) in [5, 5.41) is 12.5. The van der Waals surface area contributed by atoms with E-state index in [2.05, 4.69) is 11.9 Å². The Hall–Kier alpha value is -2.01. The van der Waals surface area contributed by atoms with Gasteiger partial charge in [-0.2, -0.15) is 0 Å². The van der Waals surface area contributed by atoms with Crippen LogP contribution in [0.1, 0.15) is 16.8 Å². The lowest BCUT2D eigenvalue weighted by Crippen LogP contribution is -2.27. The highest BCUT2D eigenvalue weighted by molar-refractivity contribution is 5.97. The maximum Gasteiger partial charge on any atom is 0.255 e. The number of nitrogens with one attached hydrogen (secondary N) is 1. The molecule has 104 valence electrons. The lowest BCUT2D eigenvalue weighted by atomic mass is 10.1. The van der Waals surface area contributed by atoms with Crippen LogP contribution in [0, 0.1) is 0 Å². The van der Waals surface area contributed by atoms with Crippen LogP contribution in [0.5, 0.6) is 11.5 Å². The molecule has 1 rings (SSSR count). The molecule has 1 aromatic carbocycles. The van der Waals surface area contributed by atoms with Gasteiger partial charge in [-0.25, -0.2) is 0 Å². The van der Waals surface area contributed by atoms with E-state index in [1.807, 2.05) is 0 Å². The van der Waals surface area contributed by atoms with Gasteiger partial charge in [0.25, 0.3) is 5.91 Å². The van der Waals surface area contributed by atoms with Crippen molar-refractivity contribution >= 4 is 5.91 Å². The summed E-state index contributed by atoms with van der Waals surface area (Å²) in [6.07, 6.45) is 2.55. The number of aromatic hydroxyl groups is 1. The largest absolute Gasteiger partial charge is 0.504 e. The third kappa shape index (κ3) is 4.63. The van der Waals surface area contributed by atoms with Gasteiger partial charge in [0.1, 0.15) is 0 Å². The second-order valence-electron chi connectivity index (χ2n) is 3.80. The fraction of sp³-hybridized carbons (Fsp3) is 0.357. The van der Waals surface area contributed by atoms with E-state index in [1.165, 1.54) is 13.2 Å². The first-order valence-electron chi connectivity index (χ1n) is 6.03. The van der Waals surface area contributed by atoms with Gasteiger partial charge in [-0.1, -0.05) is 12.1 Å². The Balaban J connectivity index is 2.43. The monoisotopic (exact) mass is 265 g/mol. The van der Waals surface area contributed by atoms with Gasteiger partial charge in [0.2, 0.25) is 0 Å². The summed E-state index contributed by atoms with van der Waals surface area (Å²) in [5.41, 5.74) is 0.186. The maximum absolute atomic E-state index is 11.8. The van der Waals surface area contributed by atoms with Gasteiger partial charge >= 0.3 is 0 Å². The van der Waals surface area contributed by atoms with E-state index in [0.717, 1.165) is 6.42 Å². The van der Waals surface area contributed by atoms with Gasteiger partial charge in [-0.15, -0.1) is 6.58 Å².